The highest BCUT2D eigenvalue weighted by atomic mass is 79.9. The quantitative estimate of drug-likeness (QED) is 0.0910. The van der Waals surface area contributed by atoms with Crippen LogP contribution in [0.3, 0.4) is 0 Å². The number of fused-ring (bicyclic) bond motifs is 1. The van der Waals surface area contributed by atoms with Gasteiger partial charge in [-0.05, 0) is 125 Å². The third kappa shape index (κ3) is 12.7. The predicted octanol–water partition coefficient (Wildman–Crippen LogP) is 9.70. The summed E-state index contributed by atoms with van der Waals surface area (Å²) in [6, 6.07) is 11.7. The minimum Gasteiger partial charge on any atom is -0.616 e. The standard InChI is InChI=1S/C18H28O3S.2C6H4Br2O2/c1-3-4-5-6-7-8-11-22(19)15(2)12-16-9-10-17-18(13-16)21-14-20-17;2*7-4-1-3(9)2-5(8)6(4)10/h9-10,13,15H,3-8,11-12,14H2,1-2H3;2*1-2,9-10H. The average Bonchev–Trinajstić information content (AvgIpc) is 3.41. The van der Waals surface area contributed by atoms with Gasteiger partial charge >= 0.3 is 0 Å². The van der Waals surface area contributed by atoms with Crippen LogP contribution < -0.4 is 9.47 Å². The molecule has 0 saturated heterocycles. The number of benzene rings is 3. The van der Waals surface area contributed by atoms with Crippen LogP contribution in [-0.2, 0) is 17.6 Å². The molecule has 0 fully saturated rings. The van der Waals surface area contributed by atoms with E-state index in [0.29, 0.717) is 24.7 Å². The highest BCUT2D eigenvalue weighted by Crippen LogP contribution is 2.36. The van der Waals surface area contributed by atoms with Crippen LogP contribution in [0.1, 0.15) is 57.9 Å². The van der Waals surface area contributed by atoms with Crippen LogP contribution in [0.5, 0.6) is 34.5 Å². The highest BCUT2D eigenvalue weighted by Gasteiger charge is 2.19. The van der Waals surface area contributed by atoms with Crippen molar-refractivity contribution >= 4 is 74.9 Å². The first-order chi connectivity index (χ1) is 19.9. The second-order valence-corrected chi connectivity index (χ2v) is 15.0. The Morgan fingerprint density at radius 3 is 1.74 bits per heavy atom. The van der Waals surface area contributed by atoms with Gasteiger partial charge in [0.15, 0.2) is 11.5 Å². The fourth-order valence-electron chi connectivity index (χ4n) is 3.82. The highest BCUT2D eigenvalue weighted by molar-refractivity contribution is 9.11. The van der Waals surface area contributed by atoms with Gasteiger partial charge in [-0.15, -0.1) is 0 Å². The molecule has 12 heteroatoms. The Hall–Kier alpha value is -1.31. The van der Waals surface area contributed by atoms with Crippen LogP contribution in [0.15, 0.2) is 60.4 Å². The van der Waals surface area contributed by atoms with E-state index in [-0.39, 0.29) is 28.2 Å². The molecule has 1 aliphatic rings. The van der Waals surface area contributed by atoms with Gasteiger partial charge in [0.05, 0.1) is 17.9 Å². The number of halogens is 4. The number of hydrogen-bond acceptors (Lipinski definition) is 7. The fraction of sp³-hybridized carbons (Fsp3) is 0.400. The summed E-state index contributed by atoms with van der Waals surface area (Å²) in [6.45, 7) is 4.61. The van der Waals surface area contributed by atoms with E-state index in [2.05, 4.69) is 77.6 Å². The molecule has 7 nitrogen and oxygen atoms in total. The van der Waals surface area contributed by atoms with Crippen molar-refractivity contribution in [1.82, 2.24) is 0 Å². The van der Waals surface area contributed by atoms with Crippen molar-refractivity contribution in [3.05, 3.63) is 65.9 Å². The lowest BCUT2D eigenvalue weighted by molar-refractivity contribution is 0.174. The van der Waals surface area contributed by atoms with Gasteiger partial charge < -0.3 is 34.5 Å². The molecule has 0 saturated carbocycles. The van der Waals surface area contributed by atoms with Gasteiger partial charge in [-0.3, -0.25) is 0 Å². The summed E-state index contributed by atoms with van der Waals surface area (Å²) >= 11 is 11.5. The van der Waals surface area contributed by atoms with Crippen molar-refractivity contribution < 1.29 is 34.5 Å². The van der Waals surface area contributed by atoms with E-state index in [9.17, 15) is 4.55 Å². The van der Waals surface area contributed by atoms with Gasteiger partial charge in [-0.2, -0.15) is 0 Å². The Bertz CT molecular complexity index is 1180. The van der Waals surface area contributed by atoms with Crippen molar-refractivity contribution in [1.29, 1.82) is 0 Å². The van der Waals surface area contributed by atoms with Crippen LogP contribution >= 0.6 is 63.7 Å². The second kappa shape index (κ2) is 19.2. The normalized spacial score (nSPS) is 12.9. The van der Waals surface area contributed by atoms with E-state index in [4.69, 9.17) is 29.9 Å². The van der Waals surface area contributed by atoms with Crippen LogP contribution in [0.4, 0.5) is 0 Å². The first kappa shape index (κ1) is 36.9. The maximum absolute atomic E-state index is 12.3. The van der Waals surface area contributed by atoms with E-state index in [1.807, 2.05) is 18.2 Å². The topological polar surface area (TPSA) is 122 Å². The maximum Gasteiger partial charge on any atom is 0.231 e. The molecular formula is C30H36Br4O7S. The monoisotopic (exact) mass is 856 g/mol. The molecular weight excluding hydrogens is 824 g/mol. The van der Waals surface area contributed by atoms with E-state index in [1.165, 1.54) is 61.9 Å². The van der Waals surface area contributed by atoms with Crippen LogP contribution in [0.2, 0.25) is 0 Å². The minimum atomic E-state index is -0.743. The summed E-state index contributed by atoms with van der Waals surface area (Å²) in [5, 5.41) is 36.3. The van der Waals surface area contributed by atoms with E-state index < -0.39 is 11.2 Å². The molecule has 0 bridgehead atoms. The largest absolute Gasteiger partial charge is 0.616 e. The zero-order chi connectivity index (χ0) is 31.2. The molecule has 2 atom stereocenters. The van der Waals surface area contributed by atoms with Gasteiger partial charge in [-0.25, -0.2) is 0 Å². The maximum atomic E-state index is 12.3. The molecule has 4 rings (SSSR count). The minimum absolute atomic E-state index is 0.0952. The molecule has 1 aliphatic heterocycles. The lowest BCUT2D eigenvalue weighted by Crippen LogP contribution is -2.23. The van der Waals surface area contributed by atoms with Crippen molar-refractivity contribution in [2.24, 2.45) is 0 Å². The number of ether oxygens (including phenoxy) is 2. The smallest absolute Gasteiger partial charge is 0.231 e. The Morgan fingerprint density at radius 2 is 1.21 bits per heavy atom. The van der Waals surface area contributed by atoms with Crippen molar-refractivity contribution in [3.63, 3.8) is 0 Å². The summed E-state index contributed by atoms with van der Waals surface area (Å²) in [7, 11) is 0. The molecule has 0 spiro atoms. The molecule has 4 N–H and O–H groups in total. The molecule has 0 radical (unpaired) electrons. The van der Waals surface area contributed by atoms with Gasteiger partial charge in [0, 0.05) is 6.42 Å². The predicted molar refractivity (Wildman–Crippen MR) is 182 cm³/mol. The number of aromatic hydroxyl groups is 4. The molecule has 42 heavy (non-hydrogen) atoms. The molecule has 0 amide bonds. The summed E-state index contributed by atoms with van der Waals surface area (Å²) in [6.07, 6.45) is 8.32. The third-order valence-electron chi connectivity index (χ3n) is 6.11. The van der Waals surface area contributed by atoms with Crippen LogP contribution in [-0.4, -0.2) is 42.8 Å². The Balaban J connectivity index is 0.000000254. The lowest BCUT2D eigenvalue weighted by atomic mass is 10.1. The van der Waals surface area contributed by atoms with Crippen molar-refractivity contribution in [2.45, 2.75) is 64.0 Å². The fourth-order valence-corrected chi connectivity index (χ4v) is 7.42. The summed E-state index contributed by atoms with van der Waals surface area (Å²) < 4.78 is 24.9. The zero-order valence-electron chi connectivity index (χ0n) is 23.4. The lowest BCUT2D eigenvalue weighted by Gasteiger charge is -2.18. The molecule has 1 heterocycles. The molecule has 2 unspecified atom stereocenters. The molecule has 3 aromatic carbocycles. The van der Waals surface area contributed by atoms with Crippen LogP contribution in [0.25, 0.3) is 0 Å². The number of rotatable bonds is 10. The summed E-state index contributed by atoms with van der Waals surface area (Å²) in [5.41, 5.74) is 1.17. The second-order valence-electron chi connectivity index (χ2n) is 9.57. The first-order valence-electron chi connectivity index (χ1n) is 13.4. The third-order valence-corrected chi connectivity index (χ3v) is 10.3. The number of hydrogen-bond donors (Lipinski definition) is 4. The number of unbranched alkanes of at least 4 members (excludes halogenated alkanes) is 5. The van der Waals surface area contributed by atoms with Gasteiger partial charge in [0.25, 0.3) is 0 Å². The summed E-state index contributed by atoms with van der Waals surface area (Å²) in [4.78, 5) is 0. The van der Waals surface area contributed by atoms with Crippen molar-refractivity contribution in [3.8, 4) is 34.5 Å². The SMILES string of the molecule is CCCCCCCC[S+]([O-])C(C)Cc1ccc2c(c1)OCO2.Oc1cc(Br)c(O)c(Br)c1.Oc1cc(Br)c(O)c(Br)c1. The van der Waals surface area contributed by atoms with Crippen LogP contribution in [0, 0.1) is 0 Å². The van der Waals surface area contributed by atoms with Gasteiger partial charge in [0.2, 0.25) is 6.79 Å². The average molecular weight is 860 g/mol. The summed E-state index contributed by atoms with van der Waals surface area (Å²) in [5.74, 6) is 2.86. The van der Waals surface area contributed by atoms with E-state index >= 15 is 0 Å². The zero-order valence-corrected chi connectivity index (χ0v) is 30.6. The van der Waals surface area contributed by atoms with Gasteiger partial charge in [0.1, 0.15) is 34.0 Å². The van der Waals surface area contributed by atoms with Gasteiger partial charge in [-0.1, -0.05) is 49.8 Å². The van der Waals surface area contributed by atoms with Crippen molar-refractivity contribution in [2.75, 3.05) is 12.5 Å². The molecule has 232 valence electrons. The van der Waals surface area contributed by atoms with E-state index in [1.54, 1.807) is 0 Å². The Morgan fingerprint density at radius 1 is 0.738 bits per heavy atom. The Labute approximate surface area is 284 Å². The molecule has 3 aromatic rings. The molecule has 0 aromatic heterocycles. The molecule has 0 aliphatic carbocycles. The Kier molecular flexibility index (Phi) is 16.8. The number of phenolic OH excluding ortho intramolecular Hbond substituents is 4. The first-order valence-corrected chi connectivity index (χ1v) is 18.0. The number of phenols is 4. The van der Waals surface area contributed by atoms with E-state index in [0.717, 1.165) is 30.1 Å².